The number of likely N-dealkylation sites (tertiary alicyclic amines) is 4. The van der Waals surface area contributed by atoms with Crippen molar-refractivity contribution in [1.29, 1.82) is 0 Å². The summed E-state index contributed by atoms with van der Waals surface area (Å²) in [6.45, 7) is -0.250. The number of aliphatic carboxylic acids is 4. The van der Waals surface area contributed by atoms with Gasteiger partial charge in [0.15, 0.2) is 0 Å². The predicted octanol–water partition coefficient (Wildman–Crippen LogP) is -3.95. The number of nitrogens with zero attached hydrogens (tertiary/aromatic N) is 4. The third kappa shape index (κ3) is 7.17. The number of amides is 8. The first-order chi connectivity index (χ1) is 22.3. The molecule has 0 saturated carbocycles. The van der Waals surface area contributed by atoms with Crippen molar-refractivity contribution in [3.63, 3.8) is 0 Å². The van der Waals surface area contributed by atoms with Gasteiger partial charge < -0.3 is 30.6 Å². The van der Waals surface area contributed by atoms with Crippen LogP contribution in [0, 0.1) is 0 Å². The van der Waals surface area contributed by atoms with E-state index in [0.717, 1.165) is 0 Å². The van der Waals surface area contributed by atoms with Crippen LogP contribution in [0.25, 0.3) is 0 Å². The minimum atomic E-state index is -2.85. The fourth-order valence-electron chi connectivity index (χ4n) is 5.43. The summed E-state index contributed by atoms with van der Waals surface area (Å²) >= 11 is 0. The number of carboxylic acids is 4. The van der Waals surface area contributed by atoms with Crippen molar-refractivity contribution in [1.82, 2.24) is 19.6 Å². The van der Waals surface area contributed by atoms with Crippen LogP contribution < -0.4 is 0 Å². The van der Waals surface area contributed by atoms with Gasteiger partial charge in [0.05, 0.1) is 26.1 Å². The lowest BCUT2D eigenvalue weighted by atomic mass is 10.0. The highest BCUT2D eigenvalue weighted by atomic mass is 16.4. The van der Waals surface area contributed by atoms with Crippen molar-refractivity contribution in [2.24, 2.45) is 0 Å². The fourth-order valence-corrected chi connectivity index (χ4v) is 5.43. The number of imide groups is 4. The lowest BCUT2D eigenvalue weighted by Gasteiger charge is -2.40. The van der Waals surface area contributed by atoms with E-state index in [0.29, 0.717) is 0 Å². The highest BCUT2D eigenvalue weighted by Crippen LogP contribution is 2.36. The summed E-state index contributed by atoms with van der Waals surface area (Å²) in [6.07, 6.45) is -4.95. The molecule has 6 N–H and O–H groups in total. The highest BCUT2D eigenvalue weighted by Gasteiger charge is 2.63. The molecule has 8 amide bonds. The van der Waals surface area contributed by atoms with Gasteiger partial charge in [-0.2, -0.15) is 0 Å². The minimum absolute atomic E-state index is 0.125. The molecule has 0 atom stereocenters. The van der Waals surface area contributed by atoms with Crippen LogP contribution in [0.4, 0.5) is 0 Å². The predicted molar refractivity (Wildman–Crippen MR) is 144 cm³/mol. The molecular formula is C26H30N4O18. The standard InChI is InChI=1S/2C12H12N2O8.C2H6O2/c2*15-6-1-2-7(16)13(6)12(11(21)22,5-10(19)20)14-8(17)3-4-9(14)18;3-1-2-4/h2*1-5H2,(H,19,20)(H,21,22);3-4H,1-2H2. The Labute approximate surface area is 268 Å². The average Bonchev–Trinajstić information content (AvgIpc) is 3.73. The molecule has 22 heteroatoms. The molecule has 0 bridgehead atoms. The van der Waals surface area contributed by atoms with Gasteiger partial charge in [-0.25, -0.2) is 29.2 Å². The summed E-state index contributed by atoms with van der Waals surface area (Å²) in [5, 5.41) is 52.3. The molecule has 0 unspecified atom stereocenters. The van der Waals surface area contributed by atoms with Crippen LogP contribution in [-0.2, 0) is 57.5 Å². The smallest absolute Gasteiger partial charge is 0.352 e. The second kappa shape index (κ2) is 15.3. The van der Waals surface area contributed by atoms with Gasteiger partial charge in [-0.05, 0) is 0 Å². The second-order valence-corrected chi connectivity index (χ2v) is 10.3. The van der Waals surface area contributed by atoms with Crippen molar-refractivity contribution in [3.8, 4) is 0 Å². The summed E-state index contributed by atoms with van der Waals surface area (Å²) in [5.74, 6) is -14.6. The summed E-state index contributed by atoms with van der Waals surface area (Å²) < 4.78 is 0. The van der Waals surface area contributed by atoms with Gasteiger partial charge in [0.1, 0.15) is 0 Å². The van der Waals surface area contributed by atoms with Gasteiger partial charge in [0.25, 0.3) is 0 Å². The van der Waals surface area contributed by atoms with E-state index < -0.39 is 95.3 Å². The topological polar surface area (TPSA) is 339 Å². The number of carboxylic acid groups (broad SMARTS) is 4. The molecule has 262 valence electrons. The first-order valence-electron chi connectivity index (χ1n) is 13.9. The largest absolute Gasteiger partial charge is 0.481 e. The molecule has 0 aromatic rings. The van der Waals surface area contributed by atoms with Crippen LogP contribution in [0.15, 0.2) is 0 Å². The van der Waals surface area contributed by atoms with Gasteiger partial charge in [-0.1, -0.05) is 0 Å². The first-order valence-corrected chi connectivity index (χ1v) is 13.9. The Hall–Kier alpha value is -5.64. The van der Waals surface area contributed by atoms with E-state index in [-0.39, 0.29) is 84.2 Å². The number of carbonyl (C=O) groups excluding carboxylic acids is 8. The van der Waals surface area contributed by atoms with E-state index >= 15 is 0 Å². The van der Waals surface area contributed by atoms with Crippen molar-refractivity contribution >= 4 is 71.1 Å². The Bertz CT molecular complexity index is 1230. The molecule has 0 aromatic carbocycles. The van der Waals surface area contributed by atoms with Crippen molar-refractivity contribution in [3.05, 3.63) is 0 Å². The first kappa shape index (κ1) is 38.5. The van der Waals surface area contributed by atoms with Crippen LogP contribution >= 0.6 is 0 Å². The van der Waals surface area contributed by atoms with Crippen molar-refractivity contribution in [2.45, 2.75) is 75.5 Å². The summed E-state index contributed by atoms with van der Waals surface area (Å²) in [6, 6.07) is 0. The third-order valence-electron chi connectivity index (χ3n) is 7.27. The lowest BCUT2D eigenvalue weighted by Crippen LogP contribution is -2.69. The normalized spacial score (nSPS) is 18.3. The summed E-state index contributed by atoms with van der Waals surface area (Å²) in [5.41, 5.74) is -5.69. The quantitative estimate of drug-likeness (QED) is 0.113. The Morgan fingerprint density at radius 1 is 0.417 bits per heavy atom. The maximum Gasteiger partial charge on any atom is 0.352 e. The number of rotatable bonds is 11. The Kier molecular flexibility index (Phi) is 12.3. The zero-order chi connectivity index (χ0) is 36.7. The molecule has 4 aliphatic rings. The Morgan fingerprint density at radius 2 is 0.583 bits per heavy atom. The number of aliphatic hydroxyl groups excluding tert-OH is 2. The van der Waals surface area contributed by atoms with Crippen LogP contribution in [0.5, 0.6) is 0 Å². The molecule has 4 heterocycles. The van der Waals surface area contributed by atoms with Gasteiger partial charge in [-0.3, -0.25) is 47.9 Å². The molecule has 22 nitrogen and oxygen atoms in total. The number of carbonyl (C=O) groups is 12. The second-order valence-electron chi connectivity index (χ2n) is 10.3. The zero-order valence-electron chi connectivity index (χ0n) is 24.9. The minimum Gasteiger partial charge on any atom is -0.481 e. The monoisotopic (exact) mass is 686 g/mol. The highest BCUT2D eigenvalue weighted by molar-refractivity contribution is 6.14. The SMILES string of the molecule is O=C(O)CC(C(=O)O)(N1C(=O)CCC1=O)N1C(=O)CCC1=O.O=C(O)CC(C(=O)O)(N1C(=O)CCC1=O)N1C(=O)CCC1=O.OCCO. The van der Waals surface area contributed by atoms with Crippen molar-refractivity contribution < 1.29 is 88.2 Å². The summed E-state index contributed by atoms with van der Waals surface area (Å²) in [4.78, 5) is 142. The Balaban J connectivity index is 0.000000300. The van der Waals surface area contributed by atoms with Crippen LogP contribution in [0.3, 0.4) is 0 Å². The number of aliphatic hydroxyl groups is 2. The van der Waals surface area contributed by atoms with E-state index in [1.165, 1.54) is 0 Å². The van der Waals surface area contributed by atoms with Gasteiger partial charge in [0, 0.05) is 51.4 Å². The van der Waals surface area contributed by atoms with E-state index in [2.05, 4.69) is 0 Å². The molecule has 4 aliphatic heterocycles. The van der Waals surface area contributed by atoms with Crippen LogP contribution in [0.1, 0.15) is 64.2 Å². The maximum atomic E-state index is 11.9. The lowest BCUT2D eigenvalue weighted by molar-refractivity contribution is -0.186. The van der Waals surface area contributed by atoms with Crippen molar-refractivity contribution in [2.75, 3.05) is 13.2 Å². The van der Waals surface area contributed by atoms with Gasteiger partial charge in [-0.15, -0.1) is 0 Å². The molecule has 4 rings (SSSR count). The molecule has 4 saturated heterocycles. The molecule has 0 radical (unpaired) electrons. The number of hydrogen-bond donors (Lipinski definition) is 6. The molecule has 4 fully saturated rings. The molecular weight excluding hydrogens is 656 g/mol. The van der Waals surface area contributed by atoms with E-state index in [1.807, 2.05) is 0 Å². The van der Waals surface area contributed by atoms with E-state index in [1.54, 1.807) is 0 Å². The molecule has 0 aromatic heterocycles. The van der Waals surface area contributed by atoms with E-state index in [4.69, 9.17) is 20.4 Å². The molecule has 0 spiro atoms. The fraction of sp³-hybridized carbons (Fsp3) is 0.538. The third-order valence-corrected chi connectivity index (χ3v) is 7.27. The summed E-state index contributed by atoms with van der Waals surface area (Å²) in [7, 11) is 0. The molecule has 48 heavy (non-hydrogen) atoms. The number of hydrogen-bond acceptors (Lipinski definition) is 14. The van der Waals surface area contributed by atoms with Gasteiger partial charge >= 0.3 is 23.9 Å². The van der Waals surface area contributed by atoms with Gasteiger partial charge in [0.2, 0.25) is 58.6 Å². The van der Waals surface area contributed by atoms with Crippen LogP contribution in [0.2, 0.25) is 0 Å². The van der Waals surface area contributed by atoms with Crippen LogP contribution in [-0.4, -0.2) is 146 Å². The average molecular weight is 687 g/mol. The zero-order valence-corrected chi connectivity index (χ0v) is 24.9. The maximum absolute atomic E-state index is 11.9. The molecule has 0 aliphatic carbocycles. The van der Waals surface area contributed by atoms with E-state index in [9.17, 15) is 67.7 Å². The Morgan fingerprint density at radius 3 is 0.688 bits per heavy atom.